The zero-order valence-electron chi connectivity index (χ0n) is 36.7. The first-order valence-electron chi connectivity index (χ1n) is 21.2. The van der Waals surface area contributed by atoms with Crippen LogP contribution in [0.15, 0.2) is 30.3 Å². The summed E-state index contributed by atoms with van der Waals surface area (Å²) in [6, 6.07) is -0.996. The molecule has 348 valence electrons. The number of hydrogen-bond donors (Lipinski definition) is 11. The van der Waals surface area contributed by atoms with Crippen LogP contribution in [0, 0.1) is 17.8 Å². The summed E-state index contributed by atoms with van der Waals surface area (Å²) < 4.78 is 0. The molecule has 20 heteroatoms. The zero-order chi connectivity index (χ0) is 47.1. The minimum absolute atomic E-state index is 0.0360. The van der Waals surface area contributed by atoms with Gasteiger partial charge in [0.15, 0.2) is 0 Å². The Morgan fingerprint density at radius 1 is 0.613 bits per heavy atom. The predicted molar refractivity (Wildman–Crippen MR) is 229 cm³/mol. The number of aliphatic carboxylic acids is 2. The highest BCUT2D eigenvalue weighted by atomic mass is 16.4. The van der Waals surface area contributed by atoms with Crippen LogP contribution >= 0.6 is 0 Å². The van der Waals surface area contributed by atoms with Crippen molar-refractivity contribution in [3.8, 4) is 0 Å². The molecule has 0 fully saturated rings. The molecule has 62 heavy (non-hydrogen) atoms. The Kier molecular flexibility index (Phi) is 24.6. The minimum Gasteiger partial charge on any atom is -0.481 e. The molecule has 0 aromatic heterocycles. The number of nitrogens with two attached hydrogens (primary N) is 3. The fourth-order valence-electron chi connectivity index (χ4n) is 6.28. The van der Waals surface area contributed by atoms with E-state index in [1.54, 1.807) is 65.0 Å². The number of unbranched alkanes of at least 4 members (excludes halogenated alkanes) is 1. The van der Waals surface area contributed by atoms with Crippen molar-refractivity contribution in [1.29, 1.82) is 0 Å². The summed E-state index contributed by atoms with van der Waals surface area (Å²) in [7, 11) is 0. The second kappa shape index (κ2) is 28.1. The highest BCUT2D eigenvalue weighted by molar-refractivity contribution is 5.98. The molecule has 0 heterocycles. The molecular formula is C42H69N9O11. The number of amides is 7. The number of carboxylic acids is 2. The van der Waals surface area contributed by atoms with Gasteiger partial charge in [-0.1, -0.05) is 84.7 Å². The normalized spacial score (nSPS) is 15.5. The van der Waals surface area contributed by atoms with Gasteiger partial charge in [0, 0.05) is 12.8 Å². The lowest BCUT2D eigenvalue weighted by Crippen LogP contribution is -2.61. The fraction of sp³-hybridized carbons (Fsp3) is 0.643. The van der Waals surface area contributed by atoms with Crippen LogP contribution in [-0.2, 0) is 49.6 Å². The molecule has 1 aromatic carbocycles. The highest BCUT2D eigenvalue weighted by Gasteiger charge is 2.36. The van der Waals surface area contributed by atoms with Gasteiger partial charge in [0.2, 0.25) is 41.4 Å². The van der Waals surface area contributed by atoms with Crippen LogP contribution in [0.25, 0.3) is 0 Å². The Labute approximate surface area is 363 Å². The quantitative estimate of drug-likeness (QED) is 0.0437. The number of primary amides is 1. The van der Waals surface area contributed by atoms with E-state index in [2.05, 4.69) is 31.9 Å². The Morgan fingerprint density at radius 2 is 1.11 bits per heavy atom. The number of carboxylic acid groups (broad SMARTS) is 2. The number of carbonyl (C=O) groups is 9. The minimum atomic E-state index is -1.64. The Balaban J connectivity index is 3.53. The number of carbonyl (C=O) groups excluding carboxylic acids is 7. The van der Waals surface area contributed by atoms with E-state index in [0.29, 0.717) is 31.2 Å². The van der Waals surface area contributed by atoms with Crippen LogP contribution < -0.4 is 49.1 Å². The highest BCUT2D eigenvalue weighted by Crippen LogP contribution is 2.13. The monoisotopic (exact) mass is 876 g/mol. The van der Waals surface area contributed by atoms with Crippen LogP contribution in [0.1, 0.15) is 105 Å². The standard InChI is InChI=1S/C42H69N9O11/c1-7-24(5)34(45)40(59)51-35(25(6)8-2)41(60)49-30(22-32(44)52)39(58)48-29(21-26-14-10-9-11-15-26)38(57)47-28(17-18-33(53)54)37(56)46-27(16-12-13-19-43)36(55)50-31(42(61)62)20-23(3)4/h9-11,14-15,23-25,27-31,34-35H,7-8,12-13,16-22,43,45H2,1-6H3,(H2,44,52)(H,46,56)(H,47,57)(H,48,58)(H,49,60)(H,50,55)(H,51,59)(H,53,54)(H,61,62). The van der Waals surface area contributed by atoms with Crippen molar-refractivity contribution in [2.75, 3.05) is 6.54 Å². The lowest BCUT2D eigenvalue weighted by molar-refractivity contribution is -0.143. The summed E-state index contributed by atoms with van der Waals surface area (Å²) >= 11 is 0. The van der Waals surface area contributed by atoms with Gasteiger partial charge in [0.1, 0.15) is 36.3 Å². The van der Waals surface area contributed by atoms with Crippen LogP contribution in [0.4, 0.5) is 0 Å². The Bertz CT molecular complexity index is 1660. The van der Waals surface area contributed by atoms with E-state index in [1.807, 2.05) is 6.92 Å². The molecule has 1 rings (SSSR count). The first kappa shape index (κ1) is 54.4. The third-order valence-electron chi connectivity index (χ3n) is 10.5. The average molecular weight is 876 g/mol. The number of rotatable bonds is 30. The van der Waals surface area contributed by atoms with Crippen molar-refractivity contribution < 1.29 is 53.4 Å². The van der Waals surface area contributed by atoms with Gasteiger partial charge in [0.25, 0.3) is 0 Å². The molecule has 0 spiro atoms. The maximum absolute atomic E-state index is 14.1. The van der Waals surface area contributed by atoms with E-state index in [1.165, 1.54) is 0 Å². The van der Waals surface area contributed by atoms with E-state index in [-0.39, 0.29) is 37.6 Å². The van der Waals surface area contributed by atoms with Gasteiger partial charge in [-0.2, -0.15) is 0 Å². The SMILES string of the molecule is CCC(C)C(N)C(=O)NC(C(=O)NC(CC(N)=O)C(=O)NC(Cc1ccccc1)C(=O)NC(CCC(=O)O)C(=O)NC(CCCCN)C(=O)NC(CC(C)C)C(=O)O)C(C)CC. The number of nitrogens with one attached hydrogen (secondary N) is 6. The zero-order valence-corrected chi connectivity index (χ0v) is 36.7. The van der Waals surface area contributed by atoms with Crippen LogP contribution in [-0.4, -0.2) is 112 Å². The van der Waals surface area contributed by atoms with E-state index >= 15 is 0 Å². The topological polar surface area (TPSA) is 344 Å². The largest absolute Gasteiger partial charge is 0.481 e. The smallest absolute Gasteiger partial charge is 0.326 e. The molecule has 20 nitrogen and oxygen atoms in total. The second-order valence-electron chi connectivity index (χ2n) is 16.1. The molecule has 9 atom stereocenters. The first-order chi connectivity index (χ1) is 29.1. The Hall–Kier alpha value is -5.63. The summed E-state index contributed by atoms with van der Waals surface area (Å²) in [4.78, 5) is 118. The maximum atomic E-state index is 14.1. The molecule has 1 aromatic rings. The van der Waals surface area contributed by atoms with E-state index in [9.17, 15) is 53.4 Å². The summed E-state index contributed by atoms with van der Waals surface area (Å²) in [5, 5.41) is 34.4. The molecule has 0 aliphatic rings. The van der Waals surface area contributed by atoms with Gasteiger partial charge < -0.3 is 59.3 Å². The van der Waals surface area contributed by atoms with Crippen molar-refractivity contribution >= 4 is 53.3 Å². The average Bonchev–Trinajstić information content (AvgIpc) is 3.21. The summed E-state index contributed by atoms with van der Waals surface area (Å²) in [6.45, 7) is 11.0. The molecule has 0 saturated heterocycles. The molecule has 0 aliphatic carbocycles. The molecule has 0 saturated carbocycles. The molecular weight excluding hydrogens is 807 g/mol. The van der Waals surface area contributed by atoms with Crippen LogP contribution in [0.2, 0.25) is 0 Å². The number of hydrogen-bond acceptors (Lipinski definition) is 11. The fourth-order valence-corrected chi connectivity index (χ4v) is 6.28. The van der Waals surface area contributed by atoms with Gasteiger partial charge in [-0.15, -0.1) is 0 Å². The van der Waals surface area contributed by atoms with Crippen molar-refractivity contribution in [2.24, 2.45) is 35.0 Å². The van der Waals surface area contributed by atoms with Crippen LogP contribution in [0.3, 0.4) is 0 Å². The third kappa shape index (κ3) is 19.8. The summed E-state index contributed by atoms with van der Waals surface area (Å²) in [5.41, 5.74) is 17.8. The van der Waals surface area contributed by atoms with E-state index in [4.69, 9.17) is 17.2 Å². The van der Waals surface area contributed by atoms with Gasteiger partial charge in [0.05, 0.1) is 12.5 Å². The molecule has 0 aliphatic heterocycles. The summed E-state index contributed by atoms with van der Waals surface area (Å²) in [5.74, 6) is -9.48. The Morgan fingerprint density at radius 3 is 1.61 bits per heavy atom. The van der Waals surface area contributed by atoms with E-state index in [0.717, 1.165) is 0 Å². The predicted octanol–water partition coefficient (Wildman–Crippen LogP) is -0.443. The van der Waals surface area contributed by atoms with Crippen molar-refractivity contribution in [3.05, 3.63) is 35.9 Å². The maximum Gasteiger partial charge on any atom is 0.326 e. The molecule has 0 radical (unpaired) electrons. The number of benzene rings is 1. The van der Waals surface area contributed by atoms with Crippen LogP contribution in [0.5, 0.6) is 0 Å². The van der Waals surface area contributed by atoms with E-state index < -0.39 is 121 Å². The van der Waals surface area contributed by atoms with Gasteiger partial charge in [-0.05, 0) is 62.0 Å². The first-order valence-corrected chi connectivity index (χ1v) is 21.2. The lowest BCUT2D eigenvalue weighted by Gasteiger charge is -2.29. The molecule has 7 amide bonds. The molecule has 9 unspecified atom stereocenters. The summed E-state index contributed by atoms with van der Waals surface area (Å²) in [6.07, 6.45) is 0.0365. The second-order valence-corrected chi connectivity index (χ2v) is 16.1. The van der Waals surface area contributed by atoms with Crippen molar-refractivity contribution in [3.63, 3.8) is 0 Å². The van der Waals surface area contributed by atoms with Gasteiger partial charge in [-0.3, -0.25) is 38.4 Å². The lowest BCUT2D eigenvalue weighted by atomic mass is 9.95. The molecule has 0 bridgehead atoms. The molecule has 14 N–H and O–H groups in total. The third-order valence-corrected chi connectivity index (χ3v) is 10.5. The van der Waals surface area contributed by atoms with Crippen molar-refractivity contribution in [1.82, 2.24) is 31.9 Å². The van der Waals surface area contributed by atoms with Gasteiger partial charge >= 0.3 is 11.9 Å². The van der Waals surface area contributed by atoms with Gasteiger partial charge in [-0.25, -0.2) is 4.79 Å². The van der Waals surface area contributed by atoms with Crippen molar-refractivity contribution in [2.45, 2.75) is 148 Å².